The van der Waals surface area contributed by atoms with Gasteiger partial charge in [-0.3, -0.25) is 4.99 Å². The number of aromatic nitrogens is 1. The zero-order chi connectivity index (χ0) is 14.8. The molecule has 0 aliphatic heterocycles. The Kier molecular flexibility index (Phi) is 3.86. The first-order chi connectivity index (χ1) is 10.1. The predicted octanol–water partition coefficient (Wildman–Crippen LogP) is 4.80. The number of halogens is 2. The second-order valence-electron chi connectivity index (χ2n) is 4.67. The zero-order valence-corrected chi connectivity index (χ0v) is 12.5. The molecular weight excluding hydrogens is 307 g/mol. The van der Waals surface area contributed by atoms with Gasteiger partial charge in [-0.05, 0) is 35.9 Å². The summed E-state index contributed by atoms with van der Waals surface area (Å²) in [6.07, 6.45) is 1.65. The molecule has 106 valence electrons. The van der Waals surface area contributed by atoms with Crippen molar-refractivity contribution in [1.82, 2.24) is 4.98 Å². The zero-order valence-electron chi connectivity index (χ0n) is 11.0. The quantitative estimate of drug-likeness (QED) is 0.669. The van der Waals surface area contributed by atoms with Gasteiger partial charge < -0.3 is 10.1 Å². The van der Waals surface area contributed by atoms with Crippen LogP contribution in [-0.2, 0) is 6.54 Å². The molecule has 0 saturated carbocycles. The first-order valence-electron chi connectivity index (χ1n) is 6.38. The topological polar surface area (TPSA) is 48.4 Å². The summed E-state index contributed by atoms with van der Waals surface area (Å²) in [5, 5.41) is 12.1. The highest BCUT2D eigenvalue weighted by molar-refractivity contribution is 6.31. The van der Waals surface area contributed by atoms with Gasteiger partial charge in [0.05, 0.1) is 12.1 Å². The predicted molar refractivity (Wildman–Crippen MR) is 87.7 cm³/mol. The SMILES string of the molecule is Oc1[nH]c2ccc(Cl)cc2c1C=NCc1ccc(Cl)cc1. The first-order valence-corrected chi connectivity index (χ1v) is 7.13. The minimum absolute atomic E-state index is 0.0899. The molecule has 2 aromatic carbocycles. The third-order valence-electron chi connectivity index (χ3n) is 3.19. The summed E-state index contributed by atoms with van der Waals surface area (Å²) in [7, 11) is 0. The fourth-order valence-corrected chi connectivity index (χ4v) is 2.43. The molecule has 3 aromatic rings. The van der Waals surface area contributed by atoms with E-state index in [2.05, 4.69) is 9.98 Å². The summed E-state index contributed by atoms with van der Waals surface area (Å²) in [5.41, 5.74) is 2.51. The van der Waals surface area contributed by atoms with Gasteiger partial charge in [0.25, 0.3) is 0 Å². The molecule has 5 heteroatoms. The summed E-state index contributed by atoms with van der Waals surface area (Å²) in [6.45, 7) is 0.518. The molecule has 21 heavy (non-hydrogen) atoms. The van der Waals surface area contributed by atoms with Crippen molar-refractivity contribution in [3.63, 3.8) is 0 Å². The van der Waals surface area contributed by atoms with Crippen LogP contribution in [0, 0.1) is 0 Å². The Balaban J connectivity index is 1.87. The maximum Gasteiger partial charge on any atom is 0.198 e. The number of hydrogen-bond donors (Lipinski definition) is 2. The molecule has 0 unspecified atom stereocenters. The van der Waals surface area contributed by atoms with Crippen molar-refractivity contribution in [3.8, 4) is 5.88 Å². The van der Waals surface area contributed by atoms with Crippen molar-refractivity contribution in [1.29, 1.82) is 0 Å². The molecule has 2 N–H and O–H groups in total. The van der Waals surface area contributed by atoms with E-state index in [1.54, 1.807) is 18.3 Å². The van der Waals surface area contributed by atoms with Gasteiger partial charge in [-0.1, -0.05) is 35.3 Å². The second kappa shape index (κ2) is 5.80. The third-order valence-corrected chi connectivity index (χ3v) is 3.67. The Morgan fingerprint density at radius 1 is 1.05 bits per heavy atom. The summed E-state index contributed by atoms with van der Waals surface area (Å²) in [5.74, 6) is 0.0899. The minimum Gasteiger partial charge on any atom is -0.494 e. The van der Waals surface area contributed by atoms with Gasteiger partial charge in [0.2, 0.25) is 0 Å². The molecule has 0 fully saturated rings. The maximum absolute atomic E-state index is 9.95. The average Bonchev–Trinajstić information content (AvgIpc) is 2.77. The standard InChI is InChI=1S/C16H12Cl2N2O/c17-11-3-1-10(2-4-11)8-19-9-14-13-7-12(18)5-6-15(13)20-16(14)21/h1-7,9,20-21H,8H2. The average molecular weight is 319 g/mol. The van der Waals surface area contributed by atoms with Crippen molar-refractivity contribution in [3.05, 3.63) is 63.6 Å². The summed E-state index contributed by atoms with van der Waals surface area (Å²) >= 11 is 11.8. The van der Waals surface area contributed by atoms with Crippen LogP contribution in [0.15, 0.2) is 47.5 Å². The number of H-pyrrole nitrogens is 1. The highest BCUT2D eigenvalue weighted by Gasteiger charge is 2.08. The Morgan fingerprint density at radius 2 is 1.76 bits per heavy atom. The maximum atomic E-state index is 9.95. The van der Waals surface area contributed by atoms with E-state index in [1.165, 1.54) is 0 Å². The van der Waals surface area contributed by atoms with E-state index in [1.807, 2.05) is 30.3 Å². The second-order valence-corrected chi connectivity index (χ2v) is 5.55. The molecule has 1 heterocycles. The van der Waals surface area contributed by atoms with Crippen molar-refractivity contribution >= 4 is 40.3 Å². The van der Waals surface area contributed by atoms with Crippen LogP contribution in [0.4, 0.5) is 0 Å². The molecule has 0 radical (unpaired) electrons. The van der Waals surface area contributed by atoms with Crippen molar-refractivity contribution in [2.24, 2.45) is 4.99 Å². The molecule has 0 aliphatic rings. The van der Waals surface area contributed by atoms with Crippen molar-refractivity contribution in [2.75, 3.05) is 0 Å². The van der Waals surface area contributed by atoms with Crippen LogP contribution >= 0.6 is 23.2 Å². The molecule has 3 nitrogen and oxygen atoms in total. The lowest BCUT2D eigenvalue weighted by Gasteiger charge is -1.97. The monoisotopic (exact) mass is 318 g/mol. The van der Waals surface area contributed by atoms with E-state index in [0.717, 1.165) is 16.5 Å². The van der Waals surface area contributed by atoms with E-state index in [-0.39, 0.29) is 5.88 Å². The number of fused-ring (bicyclic) bond motifs is 1. The molecular formula is C16H12Cl2N2O. The van der Waals surface area contributed by atoms with Crippen LogP contribution in [-0.4, -0.2) is 16.3 Å². The molecule has 0 aliphatic carbocycles. The van der Waals surface area contributed by atoms with Gasteiger partial charge in [-0.25, -0.2) is 0 Å². The highest BCUT2D eigenvalue weighted by Crippen LogP contribution is 2.28. The van der Waals surface area contributed by atoms with Gasteiger partial charge in [0, 0.05) is 27.2 Å². The molecule has 0 amide bonds. The molecule has 0 atom stereocenters. The molecule has 0 bridgehead atoms. The number of aromatic amines is 1. The van der Waals surface area contributed by atoms with E-state index in [4.69, 9.17) is 23.2 Å². The van der Waals surface area contributed by atoms with Gasteiger partial charge >= 0.3 is 0 Å². The Labute approximate surface area is 131 Å². The number of benzene rings is 2. The minimum atomic E-state index is 0.0899. The van der Waals surface area contributed by atoms with Gasteiger partial charge in [-0.15, -0.1) is 0 Å². The smallest absolute Gasteiger partial charge is 0.198 e. The van der Waals surface area contributed by atoms with Crippen molar-refractivity contribution in [2.45, 2.75) is 6.54 Å². The third kappa shape index (κ3) is 3.04. The Hall–Kier alpha value is -1.97. The van der Waals surface area contributed by atoms with E-state index < -0.39 is 0 Å². The fraction of sp³-hybridized carbons (Fsp3) is 0.0625. The number of aromatic hydroxyl groups is 1. The fourth-order valence-electron chi connectivity index (χ4n) is 2.13. The van der Waals surface area contributed by atoms with Crippen LogP contribution in [0.3, 0.4) is 0 Å². The van der Waals surface area contributed by atoms with Crippen LogP contribution < -0.4 is 0 Å². The van der Waals surface area contributed by atoms with Gasteiger partial charge in [0.1, 0.15) is 0 Å². The lowest BCUT2D eigenvalue weighted by Crippen LogP contribution is -1.84. The van der Waals surface area contributed by atoms with Crippen LogP contribution in [0.25, 0.3) is 10.9 Å². The van der Waals surface area contributed by atoms with Crippen LogP contribution in [0.5, 0.6) is 5.88 Å². The summed E-state index contributed by atoms with van der Waals surface area (Å²) < 4.78 is 0. The summed E-state index contributed by atoms with van der Waals surface area (Å²) in [4.78, 5) is 7.26. The lowest BCUT2D eigenvalue weighted by molar-refractivity contribution is 0.457. The van der Waals surface area contributed by atoms with Gasteiger partial charge in [0.15, 0.2) is 5.88 Å². The Bertz CT molecular complexity index is 807. The van der Waals surface area contributed by atoms with E-state index >= 15 is 0 Å². The highest BCUT2D eigenvalue weighted by atomic mass is 35.5. The van der Waals surface area contributed by atoms with Crippen LogP contribution in [0.2, 0.25) is 10.0 Å². The number of nitrogens with zero attached hydrogens (tertiary/aromatic N) is 1. The van der Waals surface area contributed by atoms with Crippen LogP contribution in [0.1, 0.15) is 11.1 Å². The van der Waals surface area contributed by atoms with E-state index in [9.17, 15) is 5.11 Å². The lowest BCUT2D eigenvalue weighted by atomic mass is 10.2. The largest absolute Gasteiger partial charge is 0.494 e. The van der Waals surface area contributed by atoms with Gasteiger partial charge in [-0.2, -0.15) is 0 Å². The number of aliphatic imine (C=N–C) groups is 1. The molecule has 0 spiro atoms. The summed E-state index contributed by atoms with van der Waals surface area (Å²) in [6, 6.07) is 12.9. The number of rotatable bonds is 3. The van der Waals surface area contributed by atoms with E-state index in [0.29, 0.717) is 22.2 Å². The molecule has 0 saturated heterocycles. The molecule has 1 aromatic heterocycles. The molecule has 3 rings (SSSR count). The van der Waals surface area contributed by atoms with Crippen molar-refractivity contribution < 1.29 is 5.11 Å². The Morgan fingerprint density at radius 3 is 2.52 bits per heavy atom. The first kappa shape index (κ1) is 14.0. The normalized spacial score (nSPS) is 11.5. The number of hydrogen-bond acceptors (Lipinski definition) is 2. The number of nitrogens with one attached hydrogen (secondary N) is 1.